The van der Waals surface area contributed by atoms with Crippen molar-refractivity contribution < 1.29 is 27.1 Å². The number of sulfonamides is 1. The maximum atomic E-state index is 14.2. The van der Waals surface area contributed by atoms with Gasteiger partial charge in [-0.3, -0.25) is 4.79 Å². The Morgan fingerprint density at radius 3 is 2.42 bits per heavy atom. The van der Waals surface area contributed by atoms with Crippen LogP contribution in [0, 0.1) is 5.82 Å². The molecule has 0 aromatic heterocycles. The van der Waals surface area contributed by atoms with E-state index in [1.165, 1.54) is 23.4 Å². The SMILES string of the molecule is CCN(CC)S(=O)(=O)c1ccc(F)c(C(=O)OC(C)C(=O)Nc2cccc(Cl)c2Cl)c1. The van der Waals surface area contributed by atoms with Gasteiger partial charge in [0.2, 0.25) is 10.0 Å². The number of benzene rings is 2. The highest BCUT2D eigenvalue weighted by Crippen LogP contribution is 2.29. The minimum Gasteiger partial charge on any atom is -0.449 e. The second-order valence-corrected chi connectivity index (χ2v) is 9.09. The lowest BCUT2D eigenvalue weighted by Crippen LogP contribution is -2.31. The molecule has 2 rings (SSSR count). The van der Waals surface area contributed by atoms with Crippen LogP contribution in [0.5, 0.6) is 0 Å². The van der Waals surface area contributed by atoms with Crippen molar-refractivity contribution in [3.05, 3.63) is 57.8 Å². The number of ether oxygens (including phenoxy) is 1. The number of amides is 1. The van der Waals surface area contributed by atoms with Crippen molar-refractivity contribution in [1.29, 1.82) is 0 Å². The lowest BCUT2D eigenvalue weighted by atomic mass is 10.2. The van der Waals surface area contributed by atoms with Gasteiger partial charge in [-0.1, -0.05) is 43.1 Å². The van der Waals surface area contributed by atoms with Crippen molar-refractivity contribution in [1.82, 2.24) is 4.31 Å². The molecule has 1 amide bonds. The van der Waals surface area contributed by atoms with Gasteiger partial charge in [-0.2, -0.15) is 4.31 Å². The summed E-state index contributed by atoms with van der Waals surface area (Å²) < 4.78 is 45.7. The number of carbonyl (C=O) groups is 2. The zero-order chi connectivity index (χ0) is 23.3. The summed E-state index contributed by atoms with van der Waals surface area (Å²) in [6, 6.07) is 7.43. The smallest absolute Gasteiger partial charge is 0.341 e. The van der Waals surface area contributed by atoms with Gasteiger partial charge in [0.15, 0.2) is 6.10 Å². The Labute approximate surface area is 190 Å². The van der Waals surface area contributed by atoms with Gasteiger partial charge in [0.1, 0.15) is 5.82 Å². The normalized spacial score (nSPS) is 12.5. The highest BCUT2D eigenvalue weighted by molar-refractivity contribution is 7.89. The van der Waals surface area contributed by atoms with E-state index in [2.05, 4.69) is 5.32 Å². The fourth-order valence-electron chi connectivity index (χ4n) is 2.65. The van der Waals surface area contributed by atoms with Crippen LogP contribution >= 0.6 is 23.2 Å². The van der Waals surface area contributed by atoms with Crippen molar-refractivity contribution in [3.63, 3.8) is 0 Å². The lowest BCUT2D eigenvalue weighted by molar-refractivity contribution is -0.123. The van der Waals surface area contributed by atoms with E-state index in [1.54, 1.807) is 19.9 Å². The molecule has 0 saturated heterocycles. The first-order chi connectivity index (χ1) is 14.5. The van der Waals surface area contributed by atoms with Gasteiger partial charge < -0.3 is 10.1 Å². The van der Waals surface area contributed by atoms with Gasteiger partial charge >= 0.3 is 5.97 Å². The van der Waals surface area contributed by atoms with Crippen molar-refractivity contribution in [2.45, 2.75) is 31.8 Å². The summed E-state index contributed by atoms with van der Waals surface area (Å²) in [5, 5.41) is 2.79. The van der Waals surface area contributed by atoms with Gasteiger partial charge in [0.25, 0.3) is 5.91 Å². The van der Waals surface area contributed by atoms with Crippen molar-refractivity contribution in [2.24, 2.45) is 0 Å². The number of halogens is 3. The topological polar surface area (TPSA) is 92.8 Å². The summed E-state index contributed by atoms with van der Waals surface area (Å²) >= 11 is 11.9. The molecule has 31 heavy (non-hydrogen) atoms. The monoisotopic (exact) mass is 490 g/mol. The van der Waals surface area contributed by atoms with Gasteiger partial charge in [-0.15, -0.1) is 0 Å². The van der Waals surface area contributed by atoms with E-state index < -0.39 is 39.4 Å². The Kier molecular flexibility index (Phi) is 8.41. The first-order valence-electron chi connectivity index (χ1n) is 9.28. The predicted octanol–water partition coefficient (Wildman–Crippen LogP) is 4.35. The first kappa shape index (κ1) is 25.1. The van der Waals surface area contributed by atoms with E-state index in [-0.39, 0.29) is 33.7 Å². The first-order valence-corrected chi connectivity index (χ1v) is 11.5. The third-order valence-corrected chi connectivity index (χ3v) is 7.23. The molecule has 11 heteroatoms. The third kappa shape index (κ3) is 5.74. The molecule has 0 radical (unpaired) electrons. The Balaban J connectivity index is 2.21. The van der Waals surface area contributed by atoms with E-state index in [9.17, 15) is 22.4 Å². The van der Waals surface area contributed by atoms with Crippen molar-refractivity contribution in [3.8, 4) is 0 Å². The number of rotatable bonds is 8. The zero-order valence-corrected chi connectivity index (χ0v) is 19.3. The van der Waals surface area contributed by atoms with Crippen molar-refractivity contribution in [2.75, 3.05) is 18.4 Å². The minimum absolute atomic E-state index is 0.108. The van der Waals surface area contributed by atoms with Gasteiger partial charge in [-0.05, 0) is 37.3 Å². The number of anilines is 1. The summed E-state index contributed by atoms with van der Waals surface area (Å²) in [5.74, 6) is -2.90. The molecule has 168 valence electrons. The zero-order valence-electron chi connectivity index (χ0n) is 17.0. The van der Waals surface area contributed by atoms with E-state index in [0.717, 1.165) is 18.2 Å². The number of nitrogens with one attached hydrogen (secondary N) is 1. The number of hydrogen-bond acceptors (Lipinski definition) is 5. The van der Waals surface area contributed by atoms with E-state index in [4.69, 9.17) is 27.9 Å². The molecule has 0 aliphatic heterocycles. The second-order valence-electron chi connectivity index (χ2n) is 6.37. The summed E-state index contributed by atoms with van der Waals surface area (Å²) in [4.78, 5) is 24.5. The average molecular weight is 491 g/mol. The minimum atomic E-state index is -3.92. The van der Waals surface area contributed by atoms with Gasteiger partial charge in [-0.25, -0.2) is 17.6 Å². The molecule has 0 aliphatic rings. The maximum absolute atomic E-state index is 14.2. The Morgan fingerprint density at radius 2 is 1.81 bits per heavy atom. The molecule has 1 atom stereocenters. The Morgan fingerprint density at radius 1 is 1.16 bits per heavy atom. The molecule has 2 aromatic rings. The Bertz CT molecular complexity index is 1090. The van der Waals surface area contributed by atoms with Crippen LogP contribution in [0.15, 0.2) is 41.3 Å². The molecule has 2 aromatic carbocycles. The highest BCUT2D eigenvalue weighted by Gasteiger charge is 2.26. The number of carbonyl (C=O) groups excluding carboxylic acids is 2. The van der Waals surface area contributed by atoms with Crippen LogP contribution in [0.2, 0.25) is 10.0 Å². The van der Waals surface area contributed by atoms with Crippen LogP contribution in [0.3, 0.4) is 0 Å². The number of hydrogen-bond donors (Lipinski definition) is 1. The van der Waals surface area contributed by atoms with Crippen LogP contribution in [-0.2, 0) is 19.6 Å². The molecule has 0 bridgehead atoms. The quantitative estimate of drug-likeness (QED) is 0.555. The van der Waals surface area contributed by atoms with E-state index in [1.807, 2.05) is 0 Å². The standard InChI is InChI=1S/C20H21Cl2FN2O5S/c1-4-25(5-2)31(28,29)13-9-10-16(23)14(11-13)20(27)30-12(3)19(26)24-17-8-6-7-15(21)18(17)22/h6-12H,4-5H2,1-3H3,(H,24,26). The summed E-state index contributed by atoms with van der Waals surface area (Å²) in [7, 11) is -3.92. The molecule has 0 heterocycles. The number of nitrogens with zero attached hydrogens (tertiary/aromatic N) is 1. The summed E-state index contributed by atoms with van der Waals surface area (Å²) in [6.07, 6.45) is -1.33. The van der Waals surface area contributed by atoms with E-state index in [0.29, 0.717) is 0 Å². The van der Waals surface area contributed by atoms with Gasteiger partial charge in [0.05, 0.1) is 26.2 Å². The molecule has 7 nitrogen and oxygen atoms in total. The van der Waals surface area contributed by atoms with Crippen LogP contribution in [0.25, 0.3) is 0 Å². The molecule has 0 fully saturated rings. The third-order valence-electron chi connectivity index (χ3n) is 4.36. The largest absolute Gasteiger partial charge is 0.449 e. The Hall–Kier alpha value is -2.20. The molecule has 1 unspecified atom stereocenters. The van der Waals surface area contributed by atoms with Crippen LogP contribution in [0.1, 0.15) is 31.1 Å². The summed E-state index contributed by atoms with van der Waals surface area (Å²) in [6.45, 7) is 5.01. The molecular weight excluding hydrogens is 470 g/mol. The second kappa shape index (κ2) is 10.4. The molecule has 0 saturated carbocycles. The van der Waals surface area contributed by atoms with Gasteiger partial charge in [0, 0.05) is 13.1 Å². The van der Waals surface area contributed by atoms with E-state index >= 15 is 0 Å². The fourth-order valence-corrected chi connectivity index (χ4v) is 4.48. The summed E-state index contributed by atoms with van der Waals surface area (Å²) in [5.41, 5.74) is -0.394. The van der Waals surface area contributed by atoms with Crippen LogP contribution in [-0.4, -0.2) is 43.8 Å². The van der Waals surface area contributed by atoms with Crippen LogP contribution < -0.4 is 5.32 Å². The maximum Gasteiger partial charge on any atom is 0.341 e. The number of esters is 1. The molecular formula is C20H21Cl2FN2O5S. The average Bonchev–Trinajstić information content (AvgIpc) is 2.72. The predicted molar refractivity (Wildman–Crippen MR) is 116 cm³/mol. The molecule has 1 N–H and O–H groups in total. The lowest BCUT2D eigenvalue weighted by Gasteiger charge is -2.19. The van der Waals surface area contributed by atoms with Crippen LogP contribution in [0.4, 0.5) is 10.1 Å². The fraction of sp³-hybridized carbons (Fsp3) is 0.300. The highest BCUT2D eigenvalue weighted by atomic mass is 35.5. The molecule has 0 aliphatic carbocycles. The molecule has 0 spiro atoms. The van der Waals surface area contributed by atoms with Crippen molar-refractivity contribution >= 4 is 50.8 Å².